The monoisotopic (exact) mass is 506 g/mol. The van der Waals surface area contributed by atoms with Crippen LogP contribution in [0.5, 0.6) is 0 Å². The Balaban J connectivity index is 0. The van der Waals surface area contributed by atoms with Crippen LogP contribution in [0.25, 0.3) is 0 Å². The van der Waals surface area contributed by atoms with Crippen LogP contribution in [0.4, 0.5) is 9.59 Å². The first-order valence-corrected chi connectivity index (χ1v) is 7.61. The third kappa shape index (κ3) is 13.5. The maximum atomic E-state index is 10.6. The molecule has 8 heteroatoms. The van der Waals surface area contributed by atoms with Gasteiger partial charge in [0.2, 0.25) is 0 Å². The molecule has 2 N–H and O–H groups in total. The summed E-state index contributed by atoms with van der Waals surface area (Å²) in [5, 5.41) is 16.8. The molecule has 0 aromatic carbocycles. The van der Waals surface area contributed by atoms with Crippen LogP contribution in [0.3, 0.4) is 0 Å². The molecular weight excluding hydrogens is 490 g/mol. The van der Waals surface area contributed by atoms with Gasteiger partial charge in [-0.05, 0) is 10.3 Å². The van der Waals surface area contributed by atoms with E-state index in [1.807, 2.05) is 29.5 Å². The van der Waals surface area contributed by atoms with Crippen LogP contribution in [-0.4, -0.2) is 50.0 Å². The molecule has 2 amide bonds. The average Bonchev–Trinajstić information content (AvgIpc) is 2.39. The second kappa shape index (κ2) is 14.5. The summed E-state index contributed by atoms with van der Waals surface area (Å²) in [4.78, 5) is 21.8. The van der Waals surface area contributed by atoms with E-state index >= 15 is 0 Å². The molecule has 0 rings (SSSR count). The fourth-order valence-corrected chi connectivity index (χ4v) is 1.23. The molecule has 0 spiro atoms. The molecule has 112 valence electrons. The fourth-order valence-electron chi connectivity index (χ4n) is 0.864. The van der Waals surface area contributed by atoms with E-state index in [-0.39, 0.29) is 6.54 Å². The highest BCUT2D eigenvalue weighted by Crippen LogP contribution is 1.96. The normalized spacial score (nSPS) is 8.10. The molecule has 6 nitrogen and oxygen atoms in total. The minimum Gasteiger partial charge on any atom is -0.465 e. The molecule has 20 heavy (non-hydrogen) atoms. The summed E-state index contributed by atoms with van der Waals surface area (Å²) in [6.07, 6.45) is 4.81. The van der Waals surface area contributed by atoms with Crippen molar-refractivity contribution < 1.29 is 19.8 Å². The van der Waals surface area contributed by atoms with Gasteiger partial charge in [-0.3, -0.25) is 4.90 Å². The number of unbranched alkanes of at least 4 members (excludes halogenated alkanes) is 1. The van der Waals surface area contributed by atoms with E-state index < -0.39 is 12.2 Å². The molecule has 0 atom stereocenters. The van der Waals surface area contributed by atoms with Gasteiger partial charge in [0.15, 0.2) is 0 Å². The van der Waals surface area contributed by atoms with Crippen LogP contribution < -0.4 is 0 Å². The van der Waals surface area contributed by atoms with Crippen molar-refractivity contribution in [1.82, 2.24) is 8.01 Å². The molecule has 0 saturated heterocycles. The van der Waals surface area contributed by atoms with Crippen molar-refractivity contribution in [1.29, 1.82) is 0 Å². The topological polar surface area (TPSA) is 81.1 Å². The van der Waals surface area contributed by atoms with Crippen molar-refractivity contribution in [2.24, 2.45) is 0 Å². The average molecular weight is 506 g/mol. The second-order valence-corrected chi connectivity index (χ2v) is 5.04. The quantitative estimate of drug-likeness (QED) is 0.342. The molecule has 0 aromatic heterocycles. The third-order valence-electron chi connectivity index (χ3n) is 1.83. The Hall–Kier alpha value is -0.880. The minimum absolute atomic E-state index is 0.135. The van der Waals surface area contributed by atoms with Gasteiger partial charge in [0.25, 0.3) is 0 Å². The van der Waals surface area contributed by atoms with Gasteiger partial charge in [-0.2, -0.15) is 0 Å². The molecule has 0 fully saturated rings. The van der Waals surface area contributed by atoms with Gasteiger partial charge in [-0.25, -0.2) is 12.7 Å². The maximum Gasteiger partial charge on any atom is 0.417 e. The Labute approximate surface area is 146 Å². The number of halogens is 2. The van der Waals surface area contributed by atoms with Crippen LogP contribution >= 0.6 is 45.5 Å². The molecule has 0 saturated carbocycles. The van der Waals surface area contributed by atoms with Crippen molar-refractivity contribution in [3.05, 3.63) is 0 Å². The zero-order chi connectivity index (χ0) is 16.0. The molecular formula is C12H16I2N2O4. The molecule has 0 heterocycles. The van der Waals surface area contributed by atoms with Crippen molar-refractivity contribution in [2.45, 2.75) is 19.8 Å². The lowest BCUT2D eigenvalue weighted by atomic mass is 10.3. The smallest absolute Gasteiger partial charge is 0.417 e. The highest BCUT2D eigenvalue weighted by molar-refractivity contribution is 14.1. The predicted octanol–water partition coefficient (Wildman–Crippen LogP) is 3.11. The first-order chi connectivity index (χ1) is 9.40. The number of carboxylic acid groups (broad SMARTS) is 2. The lowest BCUT2D eigenvalue weighted by molar-refractivity contribution is 0.150. The summed E-state index contributed by atoms with van der Waals surface area (Å²) >= 11 is 3.52. The van der Waals surface area contributed by atoms with E-state index in [0.29, 0.717) is 13.1 Å². The van der Waals surface area contributed by atoms with Crippen molar-refractivity contribution in [3.63, 3.8) is 0 Å². The second-order valence-electron chi connectivity index (χ2n) is 3.34. The third-order valence-corrected chi connectivity index (χ3v) is 2.96. The van der Waals surface area contributed by atoms with Crippen LogP contribution in [0, 0.1) is 22.2 Å². The zero-order valence-electron chi connectivity index (χ0n) is 11.0. The SMILES string of the molecule is C#CCN(I)C(=O)O.CCCCN(CC#CI)C(=O)O. The standard InChI is InChI=1S/C8H12INO2.C4H4INO2/c1-2-3-6-10(8(11)12)7-4-5-9;1-2-3-6(5)4(7)8/h2-3,6-7H2,1H3,(H,11,12);1H,3H2,(H,7,8). The van der Waals surface area contributed by atoms with E-state index in [0.717, 1.165) is 16.0 Å². The Bertz CT molecular complexity index is 398. The summed E-state index contributed by atoms with van der Waals surface area (Å²) in [6, 6.07) is 0. The lowest BCUT2D eigenvalue weighted by Crippen LogP contribution is -2.30. The highest BCUT2D eigenvalue weighted by Gasteiger charge is 2.07. The first-order valence-electron chi connectivity index (χ1n) is 5.56. The molecule has 0 aliphatic rings. The van der Waals surface area contributed by atoms with E-state index in [1.54, 1.807) is 22.9 Å². The minimum atomic E-state index is -1.01. The number of hydrogen-bond acceptors (Lipinski definition) is 2. The van der Waals surface area contributed by atoms with Crippen LogP contribution in [-0.2, 0) is 0 Å². The summed E-state index contributed by atoms with van der Waals surface area (Å²) in [6.45, 7) is 3.06. The fraction of sp³-hybridized carbons (Fsp3) is 0.500. The Morgan fingerprint density at radius 3 is 2.15 bits per heavy atom. The molecule has 0 aromatic rings. The Morgan fingerprint density at radius 2 is 1.85 bits per heavy atom. The Kier molecular flexibility index (Phi) is 15.6. The Morgan fingerprint density at radius 1 is 1.25 bits per heavy atom. The summed E-state index contributed by atoms with van der Waals surface area (Å²) in [7, 11) is 0. The van der Waals surface area contributed by atoms with E-state index in [2.05, 4.69) is 15.8 Å². The highest BCUT2D eigenvalue weighted by atomic mass is 127. The van der Waals surface area contributed by atoms with Crippen molar-refractivity contribution in [3.8, 4) is 22.2 Å². The summed E-state index contributed by atoms with van der Waals surface area (Å²) in [5.41, 5.74) is 0. The number of rotatable bonds is 5. The largest absolute Gasteiger partial charge is 0.465 e. The summed E-state index contributed by atoms with van der Waals surface area (Å²) in [5.74, 6) is 4.91. The van der Waals surface area contributed by atoms with Crippen molar-refractivity contribution >= 4 is 57.6 Å². The zero-order valence-corrected chi connectivity index (χ0v) is 15.3. The van der Waals surface area contributed by atoms with E-state index in [4.69, 9.17) is 16.6 Å². The van der Waals surface area contributed by atoms with Crippen LogP contribution in [0.1, 0.15) is 19.8 Å². The lowest BCUT2D eigenvalue weighted by Gasteiger charge is -2.14. The van der Waals surface area contributed by atoms with Gasteiger partial charge < -0.3 is 10.2 Å². The molecule has 0 bridgehead atoms. The molecule has 0 radical (unpaired) electrons. The van der Waals surface area contributed by atoms with Gasteiger partial charge >= 0.3 is 12.2 Å². The maximum absolute atomic E-state index is 10.6. The van der Waals surface area contributed by atoms with Crippen LogP contribution in [0.2, 0.25) is 0 Å². The molecule has 0 unspecified atom stereocenters. The number of hydrogen-bond donors (Lipinski definition) is 2. The van der Waals surface area contributed by atoms with E-state index in [1.165, 1.54) is 4.90 Å². The number of nitrogens with zero attached hydrogens (tertiary/aromatic N) is 2. The van der Waals surface area contributed by atoms with Gasteiger partial charge in [0.05, 0.1) is 36.0 Å². The van der Waals surface area contributed by atoms with Crippen LogP contribution in [0.15, 0.2) is 0 Å². The van der Waals surface area contributed by atoms with Gasteiger partial charge in [-0.15, -0.1) is 6.42 Å². The van der Waals surface area contributed by atoms with Gasteiger partial charge in [0.1, 0.15) is 0 Å². The van der Waals surface area contributed by atoms with Gasteiger partial charge in [0, 0.05) is 29.1 Å². The van der Waals surface area contributed by atoms with E-state index in [9.17, 15) is 9.59 Å². The number of amides is 2. The first kappa shape index (κ1) is 21.4. The summed E-state index contributed by atoms with van der Waals surface area (Å²) < 4.78 is 3.64. The predicted molar refractivity (Wildman–Crippen MR) is 93.9 cm³/mol. The number of carbonyl (C=O) groups is 2. The van der Waals surface area contributed by atoms with Crippen molar-refractivity contribution in [2.75, 3.05) is 19.6 Å². The molecule has 0 aliphatic carbocycles. The number of terminal acetylenes is 1. The van der Waals surface area contributed by atoms with Gasteiger partial charge in [-0.1, -0.05) is 25.2 Å². The molecule has 0 aliphatic heterocycles.